The van der Waals surface area contributed by atoms with Gasteiger partial charge in [0, 0.05) is 0 Å². The lowest BCUT2D eigenvalue weighted by Crippen LogP contribution is -1.80. The highest BCUT2D eigenvalue weighted by molar-refractivity contribution is 4.46. The number of rotatable bonds is 10. The Balaban J connectivity index is -0.000000439. The number of unbranched alkanes of at least 4 members (excludes halogenated alkanes) is 10. The van der Waals surface area contributed by atoms with Crippen LogP contribution in [0.5, 0.6) is 0 Å². The fourth-order valence-electron chi connectivity index (χ4n) is 1.74. The zero-order valence-corrected chi connectivity index (χ0v) is 13.8. The Morgan fingerprint density at radius 3 is 0.706 bits per heavy atom. The highest BCUT2D eigenvalue weighted by Crippen LogP contribution is 2.10. The van der Waals surface area contributed by atoms with Gasteiger partial charge in [-0.15, -0.1) is 0 Å². The molecule has 0 heteroatoms. The fourth-order valence-corrected chi connectivity index (χ4v) is 1.74. The summed E-state index contributed by atoms with van der Waals surface area (Å²) in [6, 6.07) is 0. The van der Waals surface area contributed by atoms with Crippen molar-refractivity contribution in [2.45, 2.75) is 112 Å². The van der Waals surface area contributed by atoms with Crippen LogP contribution in [0.1, 0.15) is 112 Å². The van der Waals surface area contributed by atoms with Gasteiger partial charge in [0.15, 0.2) is 0 Å². The van der Waals surface area contributed by atoms with Gasteiger partial charge in [-0.25, -0.2) is 0 Å². The molecule has 0 nitrogen and oxygen atoms in total. The lowest BCUT2D eigenvalue weighted by Gasteiger charge is -2.00. The van der Waals surface area contributed by atoms with Crippen molar-refractivity contribution < 1.29 is 0 Å². The van der Waals surface area contributed by atoms with E-state index >= 15 is 0 Å². The van der Waals surface area contributed by atoms with Crippen molar-refractivity contribution in [2.75, 3.05) is 0 Å². The monoisotopic (exact) mass is 244 g/mol. The summed E-state index contributed by atoms with van der Waals surface area (Å²) in [6.45, 7) is 12.6. The van der Waals surface area contributed by atoms with Crippen molar-refractivity contribution in [3.8, 4) is 0 Å². The average molecular weight is 245 g/mol. The lowest BCUT2D eigenvalue weighted by atomic mass is 10.1. The second kappa shape index (κ2) is 29.8. The van der Waals surface area contributed by atoms with E-state index in [9.17, 15) is 0 Å². The van der Waals surface area contributed by atoms with Gasteiger partial charge < -0.3 is 0 Å². The summed E-state index contributed by atoms with van der Waals surface area (Å²) in [7, 11) is 0. The van der Waals surface area contributed by atoms with E-state index in [1.165, 1.54) is 70.6 Å². The Morgan fingerprint density at radius 1 is 0.353 bits per heavy atom. The van der Waals surface area contributed by atoms with Crippen LogP contribution < -0.4 is 0 Å². The summed E-state index contributed by atoms with van der Waals surface area (Å²) >= 11 is 0. The molecule has 0 radical (unpaired) electrons. The van der Waals surface area contributed by atoms with E-state index in [0.717, 1.165) is 0 Å². The van der Waals surface area contributed by atoms with Gasteiger partial charge in [-0.3, -0.25) is 0 Å². The van der Waals surface area contributed by atoms with Crippen molar-refractivity contribution in [3.05, 3.63) is 0 Å². The van der Waals surface area contributed by atoms with Crippen LogP contribution in [0.25, 0.3) is 0 Å². The van der Waals surface area contributed by atoms with Crippen LogP contribution in [0, 0.1) is 0 Å². The van der Waals surface area contributed by atoms with Crippen LogP contribution in [-0.2, 0) is 0 Å². The Kier molecular flexibility index (Phi) is 38.9. The molecule has 0 aliphatic carbocycles. The standard InChI is InChI=1S/C13H28.2C2H6/c1-3-5-7-9-11-13-12-10-8-6-4-2;2*1-2/h3-13H2,1-2H3;2*1-2H3. The minimum absolute atomic E-state index is 1.37. The molecule has 0 amide bonds. The molecule has 0 saturated carbocycles. The topological polar surface area (TPSA) is 0 Å². The molecule has 0 bridgehead atoms. The molecule has 0 atom stereocenters. The van der Waals surface area contributed by atoms with Gasteiger partial charge in [-0.05, 0) is 0 Å². The number of hydrogen-bond acceptors (Lipinski definition) is 0. The van der Waals surface area contributed by atoms with Crippen LogP contribution in [0.2, 0.25) is 0 Å². The summed E-state index contributed by atoms with van der Waals surface area (Å²) in [4.78, 5) is 0. The fraction of sp³-hybridized carbons (Fsp3) is 1.00. The quantitative estimate of drug-likeness (QED) is 0.352. The van der Waals surface area contributed by atoms with Crippen LogP contribution in [0.4, 0.5) is 0 Å². The van der Waals surface area contributed by atoms with E-state index in [1.54, 1.807) is 0 Å². The van der Waals surface area contributed by atoms with Crippen molar-refractivity contribution in [1.29, 1.82) is 0 Å². The maximum absolute atomic E-state index is 2.28. The molecule has 17 heavy (non-hydrogen) atoms. The van der Waals surface area contributed by atoms with E-state index in [4.69, 9.17) is 0 Å². The third-order valence-corrected chi connectivity index (χ3v) is 2.71. The van der Waals surface area contributed by atoms with Crippen molar-refractivity contribution in [1.82, 2.24) is 0 Å². The van der Waals surface area contributed by atoms with Crippen LogP contribution in [-0.4, -0.2) is 0 Å². The smallest absolute Gasteiger partial charge is 0.0533 e. The summed E-state index contributed by atoms with van der Waals surface area (Å²) in [6.07, 6.45) is 15.9. The highest BCUT2D eigenvalue weighted by atomic mass is 14.0. The van der Waals surface area contributed by atoms with Gasteiger partial charge in [0.25, 0.3) is 0 Å². The molecule has 0 aromatic heterocycles. The highest BCUT2D eigenvalue weighted by Gasteiger charge is 1.90. The molecule has 0 aliphatic heterocycles. The zero-order valence-electron chi connectivity index (χ0n) is 13.8. The Hall–Kier alpha value is 0. The predicted octanol–water partition coefficient (Wildman–Crippen LogP) is 7.37. The van der Waals surface area contributed by atoms with E-state index < -0.39 is 0 Å². The first kappa shape index (κ1) is 22.2. The molecule has 0 spiro atoms. The Labute approximate surface area is 113 Å². The summed E-state index contributed by atoms with van der Waals surface area (Å²) in [5, 5.41) is 0. The third-order valence-electron chi connectivity index (χ3n) is 2.71. The molecule has 0 aromatic rings. The summed E-state index contributed by atoms with van der Waals surface area (Å²) in [5.74, 6) is 0. The molecule has 0 heterocycles. The predicted molar refractivity (Wildman–Crippen MR) is 84.8 cm³/mol. The van der Waals surface area contributed by atoms with E-state index in [1.807, 2.05) is 27.7 Å². The maximum Gasteiger partial charge on any atom is -0.0533 e. The lowest BCUT2D eigenvalue weighted by molar-refractivity contribution is 0.554. The molecule has 0 rings (SSSR count). The molecular weight excluding hydrogens is 204 g/mol. The normalized spacial score (nSPS) is 8.82. The van der Waals surface area contributed by atoms with Crippen LogP contribution >= 0.6 is 0 Å². The SMILES string of the molecule is CC.CC.CCCCCCCCCCCCC. The summed E-state index contributed by atoms with van der Waals surface area (Å²) < 4.78 is 0. The van der Waals surface area contributed by atoms with Gasteiger partial charge in [0.2, 0.25) is 0 Å². The van der Waals surface area contributed by atoms with Gasteiger partial charge in [0.1, 0.15) is 0 Å². The molecule has 0 unspecified atom stereocenters. The van der Waals surface area contributed by atoms with Crippen LogP contribution in [0.3, 0.4) is 0 Å². The molecule has 108 valence electrons. The second-order valence-electron chi connectivity index (χ2n) is 4.18. The third kappa shape index (κ3) is 31.4. The second-order valence-corrected chi connectivity index (χ2v) is 4.18. The molecule has 0 saturated heterocycles. The minimum Gasteiger partial charge on any atom is -0.0683 e. The molecular formula is C17H40. The largest absolute Gasteiger partial charge is 0.0683 e. The molecule has 0 N–H and O–H groups in total. The maximum atomic E-state index is 2.28. The number of hydrogen-bond donors (Lipinski definition) is 0. The summed E-state index contributed by atoms with van der Waals surface area (Å²) in [5.41, 5.74) is 0. The van der Waals surface area contributed by atoms with Crippen molar-refractivity contribution in [3.63, 3.8) is 0 Å². The van der Waals surface area contributed by atoms with Gasteiger partial charge >= 0.3 is 0 Å². The first-order chi connectivity index (χ1) is 8.41. The van der Waals surface area contributed by atoms with Gasteiger partial charge in [0.05, 0.1) is 0 Å². The zero-order chi connectivity index (χ0) is 13.8. The Morgan fingerprint density at radius 2 is 0.529 bits per heavy atom. The minimum atomic E-state index is 1.37. The van der Waals surface area contributed by atoms with Crippen LogP contribution in [0.15, 0.2) is 0 Å². The van der Waals surface area contributed by atoms with Gasteiger partial charge in [-0.1, -0.05) is 112 Å². The average Bonchev–Trinajstić information content (AvgIpc) is 2.42. The van der Waals surface area contributed by atoms with Crippen molar-refractivity contribution >= 4 is 0 Å². The Bertz CT molecular complexity index is 66.1. The van der Waals surface area contributed by atoms with E-state index in [-0.39, 0.29) is 0 Å². The van der Waals surface area contributed by atoms with E-state index in [0.29, 0.717) is 0 Å². The first-order valence-corrected chi connectivity index (χ1v) is 8.41. The molecule has 0 aliphatic rings. The first-order valence-electron chi connectivity index (χ1n) is 8.41. The van der Waals surface area contributed by atoms with Gasteiger partial charge in [-0.2, -0.15) is 0 Å². The van der Waals surface area contributed by atoms with Crippen molar-refractivity contribution in [2.24, 2.45) is 0 Å². The molecule has 0 aromatic carbocycles. The molecule has 0 fully saturated rings. The van der Waals surface area contributed by atoms with E-state index in [2.05, 4.69) is 13.8 Å².